The van der Waals surface area contributed by atoms with Crippen LogP contribution in [0, 0.1) is 5.82 Å². The number of rotatable bonds is 5. The highest BCUT2D eigenvalue weighted by atomic mass is 32.2. The summed E-state index contributed by atoms with van der Waals surface area (Å²) in [5, 5.41) is 0.404. The summed E-state index contributed by atoms with van der Waals surface area (Å²) in [6.45, 7) is 5.50. The molecule has 0 fully saturated rings. The third kappa shape index (κ3) is 3.66. The Kier molecular flexibility index (Phi) is 5.43. The maximum Gasteiger partial charge on any atom is 0.322 e. The van der Waals surface area contributed by atoms with Crippen LogP contribution in [0.1, 0.15) is 26.5 Å². The Morgan fingerprint density at radius 3 is 2.73 bits per heavy atom. The fraction of sp³-hybridized carbons (Fsp3) is 0.389. The molecule has 1 aromatic carbocycles. The lowest BCUT2D eigenvalue weighted by atomic mass is 10.2. The van der Waals surface area contributed by atoms with Crippen molar-refractivity contribution in [3.8, 4) is 5.69 Å². The number of benzene rings is 1. The van der Waals surface area contributed by atoms with Gasteiger partial charge in [-0.15, -0.1) is 11.8 Å². The summed E-state index contributed by atoms with van der Waals surface area (Å²) in [5.74, 6) is 0.0438. The van der Waals surface area contributed by atoms with Gasteiger partial charge < -0.3 is 4.74 Å². The first-order valence-corrected chi connectivity index (χ1v) is 10.0. The van der Waals surface area contributed by atoms with Crippen molar-refractivity contribution >= 4 is 29.5 Å². The van der Waals surface area contributed by atoms with Gasteiger partial charge in [-0.2, -0.15) is 0 Å². The lowest BCUT2D eigenvalue weighted by molar-refractivity contribution is -0.145. The third-order valence-electron chi connectivity index (χ3n) is 3.86. The molecule has 0 bridgehead atoms. The molecule has 0 unspecified atom stereocenters. The van der Waals surface area contributed by atoms with E-state index in [2.05, 4.69) is 4.98 Å². The van der Waals surface area contributed by atoms with Crippen molar-refractivity contribution in [2.24, 2.45) is 0 Å². The topological polar surface area (TPSA) is 61.2 Å². The molecule has 1 aliphatic rings. The number of carbonyl (C=O) groups excluding carboxylic acids is 1. The molecule has 5 nitrogen and oxygen atoms in total. The number of aromatic nitrogens is 2. The molecule has 2 heterocycles. The van der Waals surface area contributed by atoms with Crippen molar-refractivity contribution in [2.45, 2.75) is 42.0 Å². The second-order valence-corrected chi connectivity index (χ2v) is 8.91. The summed E-state index contributed by atoms with van der Waals surface area (Å²) in [6.07, 6.45) is 0.715. The Morgan fingerprint density at radius 2 is 2.08 bits per heavy atom. The van der Waals surface area contributed by atoms with Gasteiger partial charge in [0, 0.05) is 12.2 Å². The van der Waals surface area contributed by atoms with Gasteiger partial charge >= 0.3 is 5.97 Å². The molecule has 8 heteroatoms. The summed E-state index contributed by atoms with van der Waals surface area (Å²) in [4.78, 5) is 30.6. The fourth-order valence-electron chi connectivity index (χ4n) is 2.55. The Balaban J connectivity index is 2.12. The van der Waals surface area contributed by atoms with Gasteiger partial charge in [-0.25, -0.2) is 9.37 Å². The van der Waals surface area contributed by atoms with Gasteiger partial charge in [-0.1, -0.05) is 11.8 Å². The van der Waals surface area contributed by atoms with Crippen molar-refractivity contribution < 1.29 is 13.9 Å². The number of ether oxygens (including phenoxy) is 1. The molecule has 1 aliphatic heterocycles. The number of nitrogens with zero attached hydrogens (tertiary/aromatic N) is 2. The van der Waals surface area contributed by atoms with E-state index in [4.69, 9.17) is 4.74 Å². The first-order valence-electron chi connectivity index (χ1n) is 8.24. The van der Waals surface area contributed by atoms with Crippen molar-refractivity contribution in [3.63, 3.8) is 0 Å². The van der Waals surface area contributed by atoms with Crippen LogP contribution in [0.2, 0.25) is 0 Å². The summed E-state index contributed by atoms with van der Waals surface area (Å²) in [5.41, 5.74) is 1.08. The summed E-state index contributed by atoms with van der Waals surface area (Å²) in [7, 11) is 0. The minimum absolute atomic E-state index is 0.189. The number of fused-ring (bicyclic) bond motifs is 1. The predicted octanol–water partition coefficient (Wildman–Crippen LogP) is 3.45. The molecule has 0 N–H and O–H groups in total. The van der Waals surface area contributed by atoms with Crippen molar-refractivity contribution in [1.82, 2.24) is 9.55 Å². The van der Waals surface area contributed by atoms with Gasteiger partial charge in [0.1, 0.15) is 10.6 Å². The highest BCUT2D eigenvalue weighted by Crippen LogP contribution is 2.36. The summed E-state index contributed by atoms with van der Waals surface area (Å²) < 4.78 is 19.0. The maximum absolute atomic E-state index is 13.3. The smallest absolute Gasteiger partial charge is 0.322 e. The van der Waals surface area contributed by atoms with Gasteiger partial charge in [-0.05, 0) is 45.0 Å². The zero-order valence-electron chi connectivity index (χ0n) is 14.7. The van der Waals surface area contributed by atoms with Crippen molar-refractivity contribution in [2.75, 3.05) is 12.4 Å². The average molecular weight is 394 g/mol. The number of aryl methyl sites for hydroxylation is 1. The van der Waals surface area contributed by atoms with Crippen LogP contribution in [0.5, 0.6) is 0 Å². The lowest BCUT2D eigenvalue weighted by Gasteiger charge is -2.23. The zero-order valence-corrected chi connectivity index (χ0v) is 16.4. The molecule has 0 amide bonds. The molecule has 2 aromatic rings. The van der Waals surface area contributed by atoms with E-state index < -0.39 is 4.75 Å². The van der Waals surface area contributed by atoms with Crippen LogP contribution >= 0.6 is 23.5 Å². The van der Waals surface area contributed by atoms with Crippen LogP contribution in [0.3, 0.4) is 0 Å². The Labute approximate surface area is 159 Å². The molecule has 0 atom stereocenters. The van der Waals surface area contributed by atoms with E-state index in [-0.39, 0.29) is 24.0 Å². The molecule has 0 spiro atoms. The number of hydrogen-bond acceptors (Lipinski definition) is 6. The molecule has 0 aliphatic carbocycles. The highest BCUT2D eigenvalue weighted by Gasteiger charge is 2.34. The van der Waals surface area contributed by atoms with Crippen LogP contribution in [0.15, 0.2) is 39.1 Å². The zero-order chi connectivity index (χ0) is 18.9. The lowest BCUT2D eigenvalue weighted by Crippen LogP contribution is -2.32. The number of halogens is 1. The molecule has 0 saturated carbocycles. The molecule has 138 valence electrons. The largest absolute Gasteiger partial charge is 0.465 e. The third-order valence-corrected chi connectivity index (χ3v) is 6.11. The first-order chi connectivity index (χ1) is 12.3. The Hall–Kier alpha value is -1.80. The van der Waals surface area contributed by atoms with Gasteiger partial charge in [-0.3, -0.25) is 14.2 Å². The normalized spacial score (nSPS) is 13.5. The predicted molar refractivity (Wildman–Crippen MR) is 101 cm³/mol. The van der Waals surface area contributed by atoms with E-state index >= 15 is 0 Å². The van der Waals surface area contributed by atoms with Crippen molar-refractivity contribution in [1.29, 1.82) is 0 Å². The van der Waals surface area contributed by atoms with Crippen LogP contribution in [-0.4, -0.2) is 32.6 Å². The molecule has 0 saturated heterocycles. The SMILES string of the molecule is CCOC(=O)C(C)(C)Sc1nc2c(c(=O)n1-c1ccc(F)cc1)SCC2. The van der Waals surface area contributed by atoms with E-state index in [0.717, 1.165) is 11.4 Å². The van der Waals surface area contributed by atoms with E-state index in [1.807, 2.05) is 0 Å². The number of esters is 1. The van der Waals surface area contributed by atoms with Crippen LogP contribution in [-0.2, 0) is 16.0 Å². The van der Waals surface area contributed by atoms with E-state index in [1.54, 1.807) is 20.8 Å². The van der Waals surface area contributed by atoms with Gasteiger partial charge in [0.15, 0.2) is 5.16 Å². The van der Waals surface area contributed by atoms with Crippen LogP contribution in [0.25, 0.3) is 5.69 Å². The molecule has 1 aromatic heterocycles. The molecule has 26 heavy (non-hydrogen) atoms. The van der Waals surface area contributed by atoms with E-state index in [0.29, 0.717) is 22.2 Å². The molecule has 0 radical (unpaired) electrons. The minimum Gasteiger partial charge on any atom is -0.465 e. The first kappa shape index (κ1) is 19.0. The molecular weight excluding hydrogens is 375 g/mol. The van der Waals surface area contributed by atoms with E-state index in [1.165, 1.54) is 52.4 Å². The molecule has 3 rings (SSSR count). The Morgan fingerprint density at radius 1 is 1.38 bits per heavy atom. The monoisotopic (exact) mass is 394 g/mol. The van der Waals surface area contributed by atoms with Crippen molar-refractivity contribution in [3.05, 3.63) is 46.1 Å². The minimum atomic E-state index is -0.919. The van der Waals surface area contributed by atoms with Crippen LogP contribution < -0.4 is 5.56 Å². The maximum atomic E-state index is 13.3. The van der Waals surface area contributed by atoms with E-state index in [9.17, 15) is 14.0 Å². The average Bonchev–Trinajstić information content (AvgIpc) is 3.05. The number of carbonyl (C=O) groups is 1. The number of thioether (sulfide) groups is 2. The fourth-order valence-corrected chi connectivity index (χ4v) is 4.62. The van der Waals surface area contributed by atoms with Crippen LogP contribution in [0.4, 0.5) is 4.39 Å². The van der Waals surface area contributed by atoms with Gasteiger partial charge in [0.25, 0.3) is 5.56 Å². The standard InChI is InChI=1S/C18H19FN2O3S2/c1-4-24-16(23)18(2,3)26-17-20-13-9-10-25-14(13)15(22)21(17)12-7-5-11(19)6-8-12/h5-8H,4,9-10H2,1-3H3. The second-order valence-electron chi connectivity index (χ2n) is 6.22. The number of hydrogen-bond donors (Lipinski definition) is 0. The summed E-state index contributed by atoms with van der Waals surface area (Å²) in [6, 6.07) is 5.66. The van der Waals surface area contributed by atoms with Gasteiger partial charge in [0.05, 0.1) is 22.9 Å². The molecular formula is C18H19FN2O3S2. The second kappa shape index (κ2) is 7.44. The summed E-state index contributed by atoms with van der Waals surface area (Å²) >= 11 is 2.65. The Bertz CT molecular complexity index is 895. The highest BCUT2D eigenvalue weighted by molar-refractivity contribution is 8.01. The quantitative estimate of drug-likeness (QED) is 0.440. The van der Waals surface area contributed by atoms with Gasteiger partial charge in [0.2, 0.25) is 0 Å².